The minimum absolute atomic E-state index is 0.322. The maximum absolute atomic E-state index is 11.2. The van der Waals surface area contributed by atoms with Crippen LogP contribution in [0.4, 0.5) is 0 Å². The number of nitrogens with zero attached hydrogens (tertiary/aromatic N) is 3. The molecule has 0 aliphatic rings. The molecule has 1 N–H and O–H groups in total. The molecule has 0 aromatic heterocycles. The number of rotatable bonds is 3. The molecule has 0 radical (unpaired) electrons. The summed E-state index contributed by atoms with van der Waals surface area (Å²) in [5.41, 5.74) is 8.30. The second-order valence-electron chi connectivity index (χ2n) is 2.31. The predicted octanol–water partition coefficient (Wildman–Crippen LogP) is 1.50. The van der Waals surface area contributed by atoms with Gasteiger partial charge in [-0.3, -0.25) is 4.79 Å². The Morgan fingerprint density at radius 1 is 1.46 bits per heavy atom. The third-order valence-corrected chi connectivity index (χ3v) is 1.45. The lowest BCUT2D eigenvalue weighted by molar-refractivity contribution is 0.0760. The van der Waals surface area contributed by atoms with Gasteiger partial charge in [-0.05, 0) is 5.53 Å². The monoisotopic (exact) mass is 177 g/mol. The van der Waals surface area contributed by atoms with E-state index in [1.165, 1.54) is 0 Å². The minimum Gasteiger partial charge on any atom is -0.379 e. The molecule has 1 unspecified atom stereocenters. The van der Waals surface area contributed by atoms with E-state index in [2.05, 4.69) is 10.0 Å². The third-order valence-electron chi connectivity index (χ3n) is 1.45. The highest BCUT2D eigenvalue weighted by Gasteiger charge is 2.13. The van der Waals surface area contributed by atoms with Crippen LogP contribution in [0, 0.1) is 0 Å². The van der Waals surface area contributed by atoms with Gasteiger partial charge in [-0.15, -0.1) is 0 Å². The van der Waals surface area contributed by atoms with E-state index in [1.54, 1.807) is 30.3 Å². The predicted molar refractivity (Wildman–Crippen MR) is 45.9 cm³/mol. The normalized spacial score (nSPS) is 11.5. The molecule has 0 aliphatic heterocycles. The van der Waals surface area contributed by atoms with Crippen molar-refractivity contribution in [1.82, 2.24) is 0 Å². The summed E-state index contributed by atoms with van der Waals surface area (Å²) in [5.74, 6) is -0.599. The molecule has 5 nitrogen and oxygen atoms in total. The molecule has 0 saturated carbocycles. The zero-order valence-electron chi connectivity index (χ0n) is 6.66. The van der Waals surface area contributed by atoms with Crippen molar-refractivity contribution in [2.24, 2.45) is 5.11 Å². The molecule has 66 valence electrons. The number of carbonyl (C=O) groups is 1. The molecule has 0 aliphatic carbocycles. The lowest BCUT2D eigenvalue weighted by atomic mass is 10.1. The number of hydrogen-bond donors (Lipinski definition) is 1. The molecule has 1 aromatic carbocycles. The summed E-state index contributed by atoms with van der Waals surface area (Å²) in [7, 11) is 0. The Bertz CT molecular complexity index is 344. The maximum atomic E-state index is 11.2. The van der Waals surface area contributed by atoms with Gasteiger partial charge in [0.2, 0.25) is 0 Å². The van der Waals surface area contributed by atoms with Gasteiger partial charge in [-0.25, -0.2) is 0 Å². The summed E-state index contributed by atoms with van der Waals surface area (Å²) in [4.78, 5) is 13.6. The van der Waals surface area contributed by atoms with E-state index in [9.17, 15) is 4.79 Å². The lowest BCUT2D eigenvalue weighted by Crippen LogP contribution is -2.16. The fourth-order valence-electron chi connectivity index (χ4n) is 0.853. The van der Waals surface area contributed by atoms with E-state index in [-0.39, 0.29) is 0 Å². The Morgan fingerprint density at radius 2 is 2.08 bits per heavy atom. The largest absolute Gasteiger partial charge is 0.379 e. The van der Waals surface area contributed by atoms with Crippen molar-refractivity contribution in [3.63, 3.8) is 0 Å². The van der Waals surface area contributed by atoms with Crippen LogP contribution in [-0.2, 0) is 0 Å². The van der Waals surface area contributed by atoms with Gasteiger partial charge in [-0.1, -0.05) is 35.4 Å². The Labute approximate surface area is 74.3 Å². The number of hydrogen-bond acceptors (Lipinski definition) is 3. The van der Waals surface area contributed by atoms with Crippen molar-refractivity contribution in [3.05, 3.63) is 46.3 Å². The van der Waals surface area contributed by atoms with Crippen molar-refractivity contribution >= 4 is 5.78 Å². The molecule has 13 heavy (non-hydrogen) atoms. The van der Waals surface area contributed by atoms with Crippen LogP contribution in [0.3, 0.4) is 0 Å². The number of benzene rings is 1. The van der Waals surface area contributed by atoms with Crippen LogP contribution in [0.5, 0.6) is 0 Å². The molecule has 0 fully saturated rings. The first-order chi connectivity index (χ1) is 6.25. The van der Waals surface area contributed by atoms with Crippen LogP contribution in [0.25, 0.3) is 10.4 Å². The molecule has 5 heteroatoms. The number of aliphatic hydroxyl groups is 1. The van der Waals surface area contributed by atoms with E-state index in [0.717, 1.165) is 0 Å². The molecule has 0 heterocycles. The summed E-state index contributed by atoms with van der Waals surface area (Å²) in [6, 6.07) is 8.15. The Kier molecular flexibility index (Phi) is 3.03. The van der Waals surface area contributed by atoms with E-state index >= 15 is 0 Å². The van der Waals surface area contributed by atoms with Crippen molar-refractivity contribution < 1.29 is 9.90 Å². The van der Waals surface area contributed by atoms with Crippen LogP contribution >= 0.6 is 0 Å². The molecule has 0 spiro atoms. The number of azide groups is 1. The van der Waals surface area contributed by atoms with E-state index in [4.69, 9.17) is 10.6 Å². The Hall–Kier alpha value is -1.84. The van der Waals surface area contributed by atoms with E-state index in [1.807, 2.05) is 0 Å². The second-order valence-corrected chi connectivity index (χ2v) is 2.31. The van der Waals surface area contributed by atoms with Gasteiger partial charge in [0.05, 0.1) is 0 Å². The quantitative estimate of drug-likeness (QED) is 0.328. The molecule has 1 aromatic rings. The first kappa shape index (κ1) is 9.25. The highest BCUT2D eigenvalue weighted by atomic mass is 16.3. The smallest absolute Gasteiger partial charge is 0.197 e. The minimum atomic E-state index is -1.63. The number of Topliss-reactive ketones (excluding diaryl/α,β-unsaturated/α-hetero) is 1. The Balaban J connectivity index is 2.86. The molecule has 1 rings (SSSR count). The summed E-state index contributed by atoms with van der Waals surface area (Å²) in [6.45, 7) is 0. The standard InChI is InChI=1S/C8H7N3O2/c9-11-10-8(13)7(12)6-4-2-1-3-5-6/h1-5,8,13H. The number of carbonyl (C=O) groups excluding carboxylic acids is 1. The second kappa shape index (κ2) is 4.25. The average molecular weight is 177 g/mol. The number of ketones is 1. The van der Waals surface area contributed by atoms with Crippen LogP contribution in [-0.4, -0.2) is 17.1 Å². The molecular weight excluding hydrogens is 170 g/mol. The topological polar surface area (TPSA) is 86.1 Å². The average Bonchev–Trinajstić information content (AvgIpc) is 2.18. The summed E-state index contributed by atoms with van der Waals surface area (Å²) >= 11 is 0. The zero-order chi connectivity index (χ0) is 9.68. The SMILES string of the molecule is [N-]=[N+]=NC(O)C(=O)c1ccccc1. The van der Waals surface area contributed by atoms with Gasteiger partial charge in [0.15, 0.2) is 12.0 Å². The molecule has 1 atom stereocenters. The van der Waals surface area contributed by atoms with Crippen molar-refractivity contribution in [2.45, 2.75) is 6.23 Å². The van der Waals surface area contributed by atoms with Crippen molar-refractivity contribution in [1.29, 1.82) is 0 Å². The van der Waals surface area contributed by atoms with Crippen LogP contribution in [0.1, 0.15) is 10.4 Å². The van der Waals surface area contributed by atoms with Crippen molar-refractivity contribution in [2.75, 3.05) is 0 Å². The third kappa shape index (κ3) is 2.30. The fourth-order valence-corrected chi connectivity index (χ4v) is 0.853. The van der Waals surface area contributed by atoms with Gasteiger partial charge in [0.25, 0.3) is 0 Å². The molecule has 0 amide bonds. The first-order valence-corrected chi connectivity index (χ1v) is 3.57. The van der Waals surface area contributed by atoms with E-state index < -0.39 is 12.0 Å². The lowest BCUT2D eigenvalue weighted by Gasteiger charge is -2.01. The van der Waals surface area contributed by atoms with E-state index in [0.29, 0.717) is 5.56 Å². The molecular formula is C8H7N3O2. The van der Waals surface area contributed by atoms with Gasteiger partial charge in [-0.2, -0.15) is 0 Å². The summed E-state index contributed by atoms with van der Waals surface area (Å²) in [6.07, 6.45) is -1.63. The Morgan fingerprint density at radius 3 is 2.62 bits per heavy atom. The van der Waals surface area contributed by atoms with Gasteiger partial charge in [0.1, 0.15) is 0 Å². The molecule has 0 bridgehead atoms. The first-order valence-electron chi connectivity index (χ1n) is 3.57. The highest BCUT2D eigenvalue weighted by molar-refractivity contribution is 5.99. The van der Waals surface area contributed by atoms with Crippen LogP contribution in [0.2, 0.25) is 0 Å². The van der Waals surface area contributed by atoms with Gasteiger partial charge in [0, 0.05) is 10.5 Å². The summed E-state index contributed by atoms with van der Waals surface area (Å²) < 4.78 is 0. The molecule has 0 saturated heterocycles. The van der Waals surface area contributed by atoms with Crippen molar-refractivity contribution in [3.8, 4) is 0 Å². The van der Waals surface area contributed by atoms with Crippen LogP contribution in [0.15, 0.2) is 35.4 Å². The van der Waals surface area contributed by atoms with Gasteiger partial charge >= 0.3 is 0 Å². The summed E-state index contributed by atoms with van der Waals surface area (Å²) in [5, 5.41) is 11.9. The van der Waals surface area contributed by atoms with Gasteiger partial charge < -0.3 is 5.11 Å². The highest BCUT2D eigenvalue weighted by Crippen LogP contribution is 2.03. The number of aliphatic hydroxyl groups excluding tert-OH is 1. The van der Waals surface area contributed by atoms with Crippen LogP contribution < -0.4 is 0 Å². The maximum Gasteiger partial charge on any atom is 0.197 e. The zero-order valence-corrected chi connectivity index (χ0v) is 6.66. The fraction of sp³-hybridized carbons (Fsp3) is 0.125.